The van der Waals surface area contributed by atoms with Crippen molar-refractivity contribution in [2.24, 2.45) is 0 Å². The summed E-state index contributed by atoms with van der Waals surface area (Å²) >= 11 is 6.48. The molecule has 21 heavy (non-hydrogen) atoms. The number of nitrogens with zero attached hydrogens (tertiary/aromatic N) is 2. The first kappa shape index (κ1) is 15.6. The molecule has 0 amide bonds. The molecule has 4 nitrogen and oxygen atoms in total. The smallest absolute Gasteiger partial charge is 0.252 e. The fourth-order valence-corrected chi connectivity index (χ4v) is 6.42. The summed E-state index contributed by atoms with van der Waals surface area (Å²) in [4.78, 5) is 3.61. The van der Waals surface area contributed by atoms with Crippen molar-refractivity contribution in [2.75, 3.05) is 26.2 Å². The molecule has 3 heterocycles. The molecule has 0 saturated carbocycles. The second-order valence-electron chi connectivity index (χ2n) is 4.82. The van der Waals surface area contributed by atoms with E-state index in [1.165, 1.54) is 16.2 Å². The maximum absolute atomic E-state index is 12.4. The highest BCUT2D eigenvalue weighted by Gasteiger charge is 2.29. The van der Waals surface area contributed by atoms with Gasteiger partial charge in [0.15, 0.2) is 0 Å². The summed E-state index contributed by atoms with van der Waals surface area (Å²) < 4.78 is 28.0. The normalized spacial score (nSPS) is 18.1. The molecule has 2 aromatic rings. The van der Waals surface area contributed by atoms with Gasteiger partial charge in [-0.1, -0.05) is 6.07 Å². The number of rotatable bonds is 4. The Labute approximate surface area is 141 Å². The lowest BCUT2D eigenvalue weighted by Gasteiger charge is -2.33. The minimum absolute atomic E-state index is 0.443. The van der Waals surface area contributed by atoms with E-state index < -0.39 is 10.0 Å². The quantitative estimate of drug-likeness (QED) is 0.782. The fourth-order valence-electron chi connectivity index (χ4n) is 2.32. The Kier molecular flexibility index (Phi) is 4.82. The topological polar surface area (TPSA) is 40.6 Å². The summed E-state index contributed by atoms with van der Waals surface area (Å²) in [7, 11) is -3.29. The van der Waals surface area contributed by atoms with Crippen LogP contribution in [0.2, 0.25) is 0 Å². The zero-order valence-electron chi connectivity index (χ0n) is 11.2. The van der Waals surface area contributed by atoms with Crippen LogP contribution in [0.25, 0.3) is 0 Å². The van der Waals surface area contributed by atoms with Crippen molar-refractivity contribution in [1.82, 2.24) is 9.21 Å². The van der Waals surface area contributed by atoms with Gasteiger partial charge in [-0.3, -0.25) is 4.90 Å². The average molecular weight is 407 g/mol. The van der Waals surface area contributed by atoms with E-state index in [0.29, 0.717) is 17.3 Å². The summed E-state index contributed by atoms with van der Waals surface area (Å²) in [6.07, 6.45) is 0. The van der Waals surface area contributed by atoms with Gasteiger partial charge in [-0.25, -0.2) is 8.42 Å². The Balaban J connectivity index is 1.60. The molecule has 1 aliphatic rings. The zero-order chi connectivity index (χ0) is 14.9. The highest BCUT2D eigenvalue weighted by molar-refractivity contribution is 9.11. The summed E-state index contributed by atoms with van der Waals surface area (Å²) in [5, 5.41) is 1.80. The molecule has 0 N–H and O–H groups in total. The Morgan fingerprint density at radius 3 is 2.48 bits per heavy atom. The van der Waals surface area contributed by atoms with E-state index in [1.54, 1.807) is 33.2 Å². The van der Waals surface area contributed by atoms with Crippen LogP contribution in [0.1, 0.15) is 4.88 Å². The van der Waals surface area contributed by atoms with Gasteiger partial charge in [0.1, 0.15) is 4.21 Å². The molecule has 2 aromatic heterocycles. The van der Waals surface area contributed by atoms with Gasteiger partial charge in [-0.2, -0.15) is 4.31 Å². The SMILES string of the molecule is O=S(=O)(c1cccs1)N1CCN(Cc2ccc(Br)s2)CC1. The summed E-state index contributed by atoms with van der Waals surface area (Å²) in [6, 6.07) is 7.62. The first-order valence-corrected chi connectivity index (χ1v) is 10.5. The number of hydrogen-bond donors (Lipinski definition) is 0. The fraction of sp³-hybridized carbons (Fsp3) is 0.385. The van der Waals surface area contributed by atoms with Gasteiger partial charge in [0.25, 0.3) is 10.0 Å². The molecule has 0 aliphatic carbocycles. The minimum Gasteiger partial charge on any atom is -0.296 e. The molecule has 0 spiro atoms. The van der Waals surface area contributed by atoms with E-state index in [4.69, 9.17) is 0 Å². The third kappa shape index (κ3) is 3.57. The van der Waals surface area contributed by atoms with Crippen LogP contribution in [-0.2, 0) is 16.6 Å². The Hall–Kier alpha value is -0.250. The molecule has 3 rings (SSSR count). The first-order valence-electron chi connectivity index (χ1n) is 6.56. The molecule has 0 aromatic carbocycles. The summed E-state index contributed by atoms with van der Waals surface area (Å²) in [5.41, 5.74) is 0. The maximum atomic E-state index is 12.4. The molecule has 0 atom stereocenters. The molecular weight excluding hydrogens is 392 g/mol. The van der Waals surface area contributed by atoms with Gasteiger partial charge in [-0.05, 0) is 39.5 Å². The average Bonchev–Trinajstić information content (AvgIpc) is 3.11. The standard InChI is InChI=1S/C13H15BrN2O2S3/c14-12-4-3-11(20-12)10-15-5-7-16(8-6-15)21(17,18)13-2-1-9-19-13/h1-4,9H,5-8,10H2. The third-order valence-electron chi connectivity index (χ3n) is 3.43. The highest BCUT2D eigenvalue weighted by Crippen LogP contribution is 2.25. The largest absolute Gasteiger partial charge is 0.296 e. The van der Waals surface area contributed by atoms with Crippen LogP contribution in [0.3, 0.4) is 0 Å². The number of hydrogen-bond acceptors (Lipinski definition) is 5. The van der Waals surface area contributed by atoms with Crippen LogP contribution in [0.4, 0.5) is 0 Å². The predicted octanol–water partition coefficient (Wildman–Crippen LogP) is 3.08. The molecule has 1 saturated heterocycles. The van der Waals surface area contributed by atoms with E-state index in [9.17, 15) is 8.42 Å². The van der Waals surface area contributed by atoms with Gasteiger partial charge in [0, 0.05) is 37.6 Å². The zero-order valence-corrected chi connectivity index (χ0v) is 15.3. The van der Waals surface area contributed by atoms with Crippen molar-refractivity contribution in [3.05, 3.63) is 38.3 Å². The second-order valence-corrected chi connectivity index (χ2v) is 10.5. The van der Waals surface area contributed by atoms with Crippen LogP contribution < -0.4 is 0 Å². The molecule has 0 radical (unpaired) electrons. The van der Waals surface area contributed by atoms with Gasteiger partial charge < -0.3 is 0 Å². The summed E-state index contributed by atoms with van der Waals surface area (Å²) in [5.74, 6) is 0. The van der Waals surface area contributed by atoms with Gasteiger partial charge in [0.2, 0.25) is 0 Å². The Morgan fingerprint density at radius 1 is 1.14 bits per heavy atom. The van der Waals surface area contributed by atoms with Crippen molar-refractivity contribution < 1.29 is 8.42 Å². The van der Waals surface area contributed by atoms with E-state index in [2.05, 4.69) is 33.0 Å². The van der Waals surface area contributed by atoms with Crippen LogP contribution >= 0.6 is 38.6 Å². The van der Waals surface area contributed by atoms with E-state index in [-0.39, 0.29) is 0 Å². The van der Waals surface area contributed by atoms with Gasteiger partial charge >= 0.3 is 0 Å². The van der Waals surface area contributed by atoms with E-state index in [0.717, 1.165) is 23.4 Å². The molecule has 8 heteroatoms. The number of sulfonamides is 1. The lowest BCUT2D eigenvalue weighted by atomic mass is 10.3. The van der Waals surface area contributed by atoms with E-state index >= 15 is 0 Å². The van der Waals surface area contributed by atoms with Crippen molar-refractivity contribution in [3.8, 4) is 0 Å². The van der Waals surface area contributed by atoms with Crippen LogP contribution in [0.15, 0.2) is 37.6 Å². The second kappa shape index (κ2) is 6.47. The predicted molar refractivity (Wildman–Crippen MR) is 90.4 cm³/mol. The molecule has 114 valence electrons. The van der Waals surface area contributed by atoms with Crippen molar-refractivity contribution in [2.45, 2.75) is 10.8 Å². The minimum atomic E-state index is -3.29. The Morgan fingerprint density at radius 2 is 1.90 bits per heavy atom. The summed E-state index contributed by atoms with van der Waals surface area (Å²) in [6.45, 7) is 3.57. The van der Waals surface area contributed by atoms with Gasteiger partial charge in [0.05, 0.1) is 3.79 Å². The molecule has 1 fully saturated rings. The molecule has 1 aliphatic heterocycles. The van der Waals surface area contributed by atoms with Crippen molar-refractivity contribution in [3.63, 3.8) is 0 Å². The van der Waals surface area contributed by atoms with Crippen molar-refractivity contribution >= 4 is 48.6 Å². The third-order valence-corrected chi connectivity index (χ3v) is 8.31. The molecule has 0 unspecified atom stereocenters. The van der Waals surface area contributed by atoms with Crippen molar-refractivity contribution in [1.29, 1.82) is 0 Å². The number of thiophene rings is 2. The van der Waals surface area contributed by atoms with Crippen LogP contribution in [0.5, 0.6) is 0 Å². The lowest BCUT2D eigenvalue weighted by Crippen LogP contribution is -2.47. The lowest BCUT2D eigenvalue weighted by molar-refractivity contribution is 0.183. The van der Waals surface area contributed by atoms with Crippen LogP contribution in [0, 0.1) is 0 Å². The first-order chi connectivity index (χ1) is 10.1. The van der Waals surface area contributed by atoms with Gasteiger partial charge in [-0.15, -0.1) is 22.7 Å². The Bertz CT molecular complexity index is 689. The maximum Gasteiger partial charge on any atom is 0.252 e. The number of halogens is 1. The molecular formula is C13H15BrN2O2S3. The monoisotopic (exact) mass is 406 g/mol. The highest BCUT2D eigenvalue weighted by atomic mass is 79.9. The number of piperazine rings is 1. The molecule has 0 bridgehead atoms. The van der Waals surface area contributed by atoms with E-state index in [1.807, 2.05) is 0 Å². The van der Waals surface area contributed by atoms with Crippen LogP contribution in [-0.4, -0.2) is 43.8 Å².